The van der Waals surface area contributed by atoms with Gasteiger partial charge in [0.25, 0.3) is 0 Å². The van der Waals surface area contributed by atoms with Crippen LogP contribution in [-0.2, 0) is 22.0 Å². The number of aromatic hydroxyl groups is 1. The van der Waals surface area contributed by atoms with Crippen LogP contribution in [0.4, 0.5) is 0 Å². The summed E-state index contributed by atoms with van der Waals surface area (Å²) in [7, 11) is -2.99. The average Bonchev–Trinajstić information content (AvgIpc) is 2.71. The summed E-state index contributed by atoms with van der Waals surface area (Å²) in [6.07, 6.45) is 2.00. The monoisotopic (exact) mass is 264 g/mol. The van der Waals surface area contributed by atoms with Crippen LogP contribution in [0.25, 0.3) is 5.69 Å². The summed E-state index contributed by atoms with van der Waals surface area (Å²) in [5.74, 6) is 0.312. The average molecular weight is 264 g/mol. The first-order valence-electron chi connectivity index (χ1n) is 5.61. The number of benzene rings is 1. The van der Waals surface area contributed by atoms with Crippen molar-refractivity contribution in [3.05, 3.63) is 41.7 Å². The Morgan fingerprint density at radius 1 is 1.28 bits per heavy atom. The van der Waals surface area contributed by atoms with Gasteiger partial charge in [0.2, 0.25) is 0 Å². The Labute approximate surface area is 105 Å². The Balaban J connectivity index is 2.12. The lowest BCUT2D eigenvalue weighted by Crippen LogP contribution is -2.20. The Bertz CT molecular complexity index is 704. The molecule has 94 valence electrons. The van der Waals surface area contributed by atoms with Crippen molar-refractivity contribution in [1.29, 1.82) is 0 Å². The third kappa shape index (κ3) is 1.78. The standard InChI is InChI=1S/C12H12N2O3S/c15-12-4-2-1-3-11(12)14-10-5-6-18(16,17)8-9(10)7-13-14/h1-4,7,15H,5-6,8H2. The van der Waals surface area contributed by atoms with E-state index in [1.54, 1.807) is 29.1 Å². The number of para-hydroxylation sites is 2. The van der Waals surface area contributed by atoms with Crippen molar-refractivity contribution < 1.29 is 13.5 Å². The molecule has 0 unspecified atom stereocenters. The number of hydrogen-bond acceptors (Lipinski definition) is 4. The van der Waals surface area contributed by atoms with Crippen molar-refractivity contribution in [3.8, 4) is 11.4 Å². The highest BCUT2D eigenvalue weighted by Gasteiger charge is 2.25. The number of fused-ring (bicyclic) bond motifs is 1. The molecule has 0 atom stereocenters. The fraction of sp³-hybridized carbons (Fsp3) is 0.250. The predicted octanol–water partition coefficient (Wildman–Crippen LogP) is 1.05. The van der Waals surface area contributed by atoms with E-state index < -0.39 is 9.84 Å². The second-order valence-electron chi connectivity index (χ2n) is 4.36. The van der Waals surface area contributed by atoms with Gasteiger partial charge in [-0.05, 0) is 12.1 Å². The van der Waals surface area contributed by atoms with Gasteiger partial charge in [-0.15, -0.1) is 0 Å². The molecule has 0 bridgehead atoms. The molecular weight excluding hydrogens is 252 g/mol. The minimum atomic E-state index is -2.99. The molecule has 0 aliphatic carbocycles. The number of hydrogen-bond donors (Lipinski definition) is 1. The second-order valence-corrected chi connectivity index (χ2v) is 6.54. The molecule has 2 aromatic rings. The number of nitrogens with zero attached hydrogens (tertiary/aromatic N) is 2. The molecule has 18 heavy (non-hydrogen) atoms. The summed E-state index contributed by atoms with van der Waals surface area (Å²) in [5, 5.41) is 14.0. The van der Waals surface area contributed by atoms with E-state index in [1.807, 2.05) is 6.07 Å². The first-order valence-corrected chi connectivity index (χ1v) is 7.43. The highest BCUT2D eigenvalue weighted by Crippen LogP contribution is 2.27. The maximum atomic E-state index is 11.5. The zero-order chi connectivity index (χ0) is 12.8. The Hall–Kier alpha value is -1.82. The van der Waals surface area contributed by atoms with E-state index in [0.717, 1.165) is 11.3 Å². The SMILES string of the molecule is O=S1(=O)CCc2c(cnn2-c2ccccc2O)C1. The van der Waals surface area contributed by atoms with E-state index in [0.29, 0.717) is 12.1 Å². The van der Waals surface area contributed by atoms with Crippen LogP contribution in [0.5, 0.6) is 5.75 Å². The lowest BCUT2D eigenvalue weighted by Gasteiger charge is -2.15. The Kier molecular flexibility index (Phi) is 2.41. The van der Waals surface area contributed by atoms with E-state index in [-0.39, 0.29) is 17.3 Å². The molecule has 2 heterocycles. The zero-order valence-corrected chi connectivity index (χ0v) is 10.4. The van der Waals surface area contributed by atoms with Gasteiger partial charge in [-0.25, -0.2) is 13.1 Å². The molecule has 0 fully saturated rings. The van der Waals surface area contributed by atoms with Gasteiger partial charge in [0.1, 0.15) is 11.4 Å². The predicted molar refractivity (Wildman–Crippen MR) is 66.4 cm³/mol. The molecule has 1 N–H and O–H groups in total. The summed E-state index contributed by atoms with van der Waals surface area (Å²) < 4.78 is 24.7. The van der Waals surface area contributed by atoms with Gasteiger partial charge in [0.15, 0.2) is 9.84 Å². The van der Waals surface area contributed by atoms with Crippen molar-refractivity contribution >= 4 is 9.84 Å². The molecule has 6 heteroatoms. The quantitative estimate of drug-likeness (QED) is 0.835. The number of sulfone groups is 1. The second kappa shape index (κ2) is 3.84. The lowest BCUT2D eigenvalue weighted by atomic mass is 10.2. The largest absolute Gasteiger partial charge is 0.506 e. The lowest BCUT2D eigenvalue weighted by molar-refractivity contribution is 0.469. The fourth-order valence-corrected chi connectivity index (χ4v) is 3.57. The summed E-state index contributed by atoms with van der Waals surface area (Å²) >= 11 is 0. The molecular formula is C12H12N2O3S. The minimum Gasteiger partial charge on any atom is -0.506 e. The zero-order valence-electron chi connectivity index (χ0n) is 9.57. The molecule has 5 nitrogen and oxygen atoms in total. The van der Waals surface area contributed by atoms with Gasteiger partial charge < -0.3 is 5.11 Å². The van der Waals surface area contributed by atoms with Gasteiger partial charge in [0, 0.05) is 17.7 Å². The van der Waals surface area contributed by atoms with Crippen LogP contribution in [-0.4, -0.2) is 29.1 Å². The molecule has 0 saturated heterocycles. The summed E-state index contributed by atoms with van der Waals surface area (Å²) in [6, 6.07) is 6.89. The van der Waals surface area contributed by atoms with Gasteiger partial charge in [-0.2, -0.15) is 5.10 Å². The topological polar surface area (TPSA) is 72.2 Å². The van der Waals surface area contributed by atoms with Crippen molar-refractivity contribution in [2.45, 2.75) is 12.2 Å². The van der Waals surface area contributed by atoms with Crippen LogP contribution in [0.3, 0.4) is 0 Å². The molecule has 0 radical (unpaired) electrons. The third-order valence-corrected chi connectivity index (χ3v) is 4.67. The van der Waals surface area contributed by atoms with Gasteiger partial charge >= 0.3 is 0 Å². The van der Waals surface area contributed by atoms with Gasteiger partial charge in [0.05, 0.1) is 17.7 Å². The van der Waals surface area contributed by atoms with E-state index >= 15 is 0 Å². The third-order valence-electron chi connectivity index (χ3n) is 3.09. The van der Waals surface area contributed by atoms with Crippen LogP contribution >= 0.6 is 0 Å². The number of phenols is 1. The molecule has 0 amide bonds. The van der Waals surface area contributed by atoms with Crippen LogP contribution in [0.1, 0.15) is 11.3 Å². The number of phenolic OH excluding ortho intramolecular Hbond substituents is 1. The van der Waals surface area contributed by atoms with Crippen LogP contribution in [0, 0.1) is 0 Å². The minimum absolute atomic E-state index is 0.0376. The van der Waals surface area contributed by atoms with Crippen molar-refractivity contribution in [3.63, 3.8) is 0 Å². The fourth-order valence-electron chi connectivity index (χ4n) is 2.21. The normalized spacial score (nSPS) is 17.3. The van der Waals surface area contributed by atoms with Crippen LogP contribution < -0.4 is 0 Å². The molecule has 0 spiro atoms. The van der Waals surface area contributed by atoms with E-state index in [2.05, 4.69) is 5.10 Å². The maximum Gasteiger partial charge on any atom is 0.154 e. The summed E-state index contributed by atoms with van der Waals surface area (Å²) in [5.41, 5.74) is 2.17. The van der Waals surface area contributed by atoms with Gasteiger partial charge in [-0.3, -0.25) is 0 Å². The Morgan fingerprint density at radius 2 is 2.06 bits per heavy atom. The molecule has 1 aromatic carbocycles. The maximum absolute atomic E-state index is 11.5. The molecule has 1 aromatic heterocycles. The molecule has 3 rings (SSSR count). The van der Waals surface area contributed by atoms with Crippen molar-refractivity contribution in [2.75, 3.05) is 5.75 Å². The highest BCUT2D eigenvalue weighted by molar-refractivity contribution is 7.90. The molecule has 1 aliphatic rings. The van der Waals surface area contributed by atoms with Crippen molar-refractivity contribution in [1.82, 2.24) is 9.78 Å². The van der Waals surface area contributed by atoms with Gasteiger partial charge in [-0.1, -0.05) is 12.1 Å². The molecule has 0 saturated carbocycles. The first kappa shape index (κ1) is 11.3. The smallest absolute Gasteiger partial charge is 0.154 e. The van der Waals surface area contributed by atoms with Crippen LogP contribution in [0.2, 0.25) is 0 Å². The first-order chi connectivity index (χ1) is 8.57. The Morgan fingerprint density at radius 3 is 2.83 bits per heavy atom. The number of aromatic nitrogens is 2. The van der Waals surface area contributed by atoms with Crippen molar-refractivity contribution in [2.24, 2.45) is 0 Å². The van der Waals surface area contributed by atoms with E-state index in [4.69, 9.17) is 0 Å². The molecule has 1 aliphatic heterocycles. The van der Waals surface area contributed by atoms with Crippen LogP contribution in [0.15, 0.2) is 30.5 Å². The highest BCUT2D eigenvalue weighted by atomic mass is 32.2. The number of rotatable bonds is 1. The summed E-state index contributed by atoms with van der Waals surface area (Å²) in [4.78, 5) is 0. The van der Waals surface area contributed by atoms with E-state index in [1.165, 1.54) is 0 Å². The van der Waals surface area contributed by atoms with E-state index in [9.17, 15) is 13.5 Å². The summed E-state index contributed by atoms with van der Waals surface area (Å²) in [6.45, 7) is 0.